The summed E-state index contributed by atoms with van der Waals surface area (Å²) in [5.74, 6) is -0.322. The van der Waals surface area contributed by atoms with Gasteiger partial charge in [0, 0.05) is 33.2 Å². The number of rotatable bonds is 3. The first-order valence-electron chi connectivity index (χ1n) is 5.32. The van der Waals surface area contributed by atoms with Crippen LogP contribution in [0.15, 0.2) is 34.9 Å². The van der Waals surface area contributed by atoms with Crippen molar-refractivity contribution < 1.29 is 9.53 Å². The Morgan fingerprint density at radius 3 is 3.12 bits per heavy atom. The molecular formula is C13H12BrNO2. The average Bonchev–Trinajstić information content (AvgIpc) is 2.69. The number of hydrogen-bond acceptors (Lipinski definition) is 2. The number of benzene rings is 1. The molecular weight excluding hydrogens is 282 g/mol. The van der Waals surface area contributed by atoms with Crippen molar-refractivity contribution in [3.63, 3.8) is 0 Å². The van der Waals surface area contributed by atoms with E-state index in [1.165, 1.54) is 6.08 Å². The van der Waals surface area contributed by atoms with Crippen LogP contribution >= 0.6 is 15.9 Å². The number of aromatic amines is 1. The SMILES string of the molecule is CCOC(=O)C=Cc1c[nH]c2ccc(Br)cc12. The second kappa shape index (κ2) is 5.19. The maximum absolute atomic E-state index is 11.2. The molecule has 1 heterocycles. The Bertz CT molecular complexity index is 572. The van der Waals surface area contributed by atoms with Crippen molar-refractivity contribution in [2.75, 3.05) is 6.61 Å². The minimum absolute atomic E-state index is 0.322. The van der Waals surface area contributed by atoms with E-state index in [-0.39, 0.29) is 5.97 Å². The van der Waals surface area contributed by atoms with Gasteiger partial charge in [-0.1, -0.05) is 15.9 Å². The van der Waals surface area contributed by atoms with Crippen molar-refractivity contribution in [1.29, 1.82) is 0 Å². The van der Waals surface area contributed by atoms with Crippen LogP contribution in [-0.2, 0) is 9.53 Å². The summed E-state index contributed by atoms with van der Waals surface area (Å²) < 4.78 is 5.84. The fourth-order valence-electron chi connectivity index (χ4n) is 1.60. The fourth-order valence-corrected chi connectivity index (χ4v) is 1.96. The minimum Gasteiger partial charge on any atom is -0.463 e. The van der Waals surface area contributed by atoms with Crippen molar-refractivity contribution in [2.45, 2.75) is 6.92 Å². The van der Waals surface area contributed by atoms with E-state index in [2.05, 4.69) is 20.9 Å². The molecule has 0 aliphatic carbocycles. The molecule has 0 fully saturated rings. The smallest absolute Gasteiger partial charge is 0.330 e. The van der Waals surface area contributed by atoms with Gasteiger partial charge in [0.2, 0.25) is 0 Å². The lowest BCUT2D eigenvalue weighted by molar-refractivity contribution is -0.137. The van der Waals surface area contributed by atoms with Crippen LogP contribution in [0.3, 0.4) is 0 Å². The highest BCUT2D eigenvalue weighted by atomic mass is 79.9. The summed E-state index contributed by atoms with van der Waals surface area (Å²) in [7, 11) is 0. The molecule has 17 heavy (non-hydrogen) atoms. The minimum atomic E-state index is -0.322. The van der Waals surface area contributed by atoms with E-state index >= 15 is 0 Å². The van der Waals surface area contributed by atoms with Gasteiger partial charge < -0.3 is 9.72 Å². The second-order valence-electron chi connectivity index (χ2n) is 3.52. The zero-order valence-corrected chi connectivity index (χ0v) is 11.0. The third-order valence-corrected chi connectivity index (χ3v) is 2.85. The van der Waals surface area contributed by atoms with Crippen LogP contribution in [0.1, 0.15) is 12.5 Å². The molecule has 2 aromatic rings. The van der Waals surface area contributed by atoms with Crippen LogP contribution in [0, 0.1) is 0 Å². The van der Waals surface area contributed by atoms with Crippen LogP contribution in [0.25, 0.3) is 17.0 Å². The van der Waals surface area contributed by atoms with Crippen molar-refractivity contribution in [2.24, 2.45) is 0 Å². The number of nitrogens with one attached hydrogen (secondary N) is 1. The van der Waals surface area contributed by atoms with Crippen LogP contribution in [-0.4, -0.2) is 17.6 Å². The first-order valence-corrected chi connectivity index (χ1v) is 6.11. The topological polar surface area (TPSA) is 42.1 Å². The van der Waals surface area contributed by atoms with E-state index < -0.39 is 0 Å². The van der Waals surface area contributed by atoms with Crippen LogP contribution in [0.4, 0.5) is 0 Å². The maximum Gasteiger partial charge on any atom is 0.330 e. The molecule has 0 aliphatic heterocycles. The Kier molecular flexibility index (Phi) is 3.64. The molecule has 0 saturated carbocycles. The number of fused-ring (bicyclic) bond motifs is 1. The van der Waals surface area contributed by atoms with E-state index in [1.54, 1.807) is 13.0 Å². The van der Waals surface area contributed by atoms with Crippen molar-refractivity contribution in [3.8, 4) is 0 Å². The van der Waals surface area contributed by atoms with Gasteiger partial charge in [0.05, 0.1) is 6.61 Å². The molecule has 0 aliphatic rings. The molecule has 4 heteroatoms. The van der Waals surface area contributed by atoms with Crippen LogP contribution in [0.2, 0.25) is 0 Å². The van der Waals surface area contributed by atoms with E-state index in [0.717, 1.165) is 20.9 Å². The van der Waals surface area contributed by atoms with E-state index in [4.69, 9.17) is 4.74 Å². The van der Waals surface area contributed by atoms with Gasteiger partial charge in [-0.2, -0.15) is 0 Å². The molecule has 1 aromatic heterocycles. The highest BCUT2D eigenvalue weighted by Crippen LogP contribution is 2.23. The molecule has 88 valence electrons. The zero-order chi connectivity index (χ0) is 12.3. The summed E-state index contributed by atoms with van der Waals surface area (Å²) in [6.45, 7) is 2.18. The molecule has 0 spiro atoms. The molecule has 0 saturated heterocycles. The predicted molar refractivity (Wildman–Crippen MR) is 71.7 cm³/mol. The standard InChI is InChI=1S/C13H12BrNO2/c1-2-17-13(16)6-3-9-8-15-12-5-4-10(14)7-11(9)12/h3-8,15H,2H2,1H3. The monoisotopic (exact) mass is 293 g/mol. The van der Waals surface area contributed by atoms with Gasteiger partial charge in [-0.05, 0) is 31.2 Å². The lowest BCUT2D eigenvalue weighted by Crippen LogP contribution is -1.98. The van der Waals surface area contributed by atoms with Crippen LogP contribution in [0.5, 0.6) is 0 Å². The van der Waals surface area contributed by atoms with Gasteiger partial charge in [0.15, 0.2) is 0 Å². The third-order valence-electron chi connectivity index (χ3n) is 2.36. The quantitative estimate of drug-likeness (QED) is 0.695. The largest absolute Gasteiger partial charge is 0.463 e. The third kappa shape index (κ3) is 2.77. The number of hydrogen-bond donors (Lipinski definition) is 1. The number of carbonyl (C=O) groups excluding carboxylic acids is 1. The molecule has 0 atom stereocenters. The molecule has 0 radical (unpaired) electrons. The Morgan fingerprint density at radius 2 is 2.35 bits per heavy atom. The molecule has 0 amide bonds. The molecule has 3 nitrogen and oxygen atoms in total. The first kappa shape index (κ1) is 11.9. The van der Waals surface area contributed by atoms with Gasteiger partial charge in [-0.3, -0.25) is 0 Å². The summed E-state index contributed by atoms with van der Waals surface area (Å²) >= 11 is 3.43. The fraction of sp³-hybridized carbons (Fsp3) is 0.154. The molecule has 1 aromatic carbocycles. The molecule has 0 unspecified atom stereocenters. The number of carbonyl (C=O) groups is 1. The summed E-state index contributed by atoms with van der Waals surface area (Å²) in [6.07, 6.45) is 5.06. The van der Waals surface area contributed by atoms with Crippen molar-refractivity contribution >= 4 is 38.9 Å². The van der Waals surface area contributed by atoms with Crippen molar-refractivity contribution in [1.82, 2.24) is 4.98 Å². The van der Waals surface area contributed by atoms with E-state index in [0.29, 0.717) is 6.61 Å². The number of H-pyrrole nitrogens is 1. The second-order valence-corrected chi connectivity index (χ2v) is 4.43. The number of esters is 1. The summed E-state index contributed by atoms with van der Waals surface area (Å²) in [6, 6.07) is 5.97. The Hall–Kier alpha value is -1.55. The molecule has 1 N–H and O–H groups in total. The van der Waals surface area contributed by atoms with E-state index in [9.17, 15) is 4.79 Å². The maximum atomic E-state index is 11.2. The van der Waals surface area contributed by atoms with Crippen molar-refractivity contribution in [3.05, 3.63) is 40.5 Å². The summed E-state index contributed by atoms with van der Waals surface area (Å²) in [4.78, 5) is 14.4. The van der Waals surface area contributed by atoms with Gasteiger partial charge in [-0.25, -0.2) is 4.79 Å². The number of aromatic nitrogens is 1. The number of halogens is 1. The zero-order valence-electron chi connectivity index (χ0n) is 9.37. The van der Waals surface area contributed by atoms with Gasteiger partial charge >= 0.3 is 5.97 Å². The highest BCUT2D eigenvalue weighted by molar-refractivity contribution is 9.10. The van der Waals surface area contributed by atoms with Gasteiger partial charge in [-0.15, -0.1) is 0 Å². The normalized spacial score (nSPS) is 11.2. The lowest BCUT2D eigenvalue weighted by Gasteiger charge is -1.95. The Balaban J connectivity index is 2.30. The molecule has 2 rings (SSSR count). The van der Waals surface area contributed by atoms with Gasteiger partial charge in [0.25, 0.3) is 0 Å². The van der Waals surface area contributed by atoms with Gasteiger partial charge in [0.1, 0.15) is 0 Å². The highest BCUT2D eigenvalue weighted by Gasteiger charge is 2.02. The Morgan fingerprint density at radius 1 is 1.53 bits per heavy atom. The first-order chi connectivity index (χ1) is 8.20. The summed E-state index contributed by atoms with van der Waals surface area (Å²) in [5, 5.41) is 1.07. The van der Waals surface area contributed by atoms with Crippen LogP contribution < -0.4 is 0 Å². The molecule has 0 bridgehead atoms. The average molecular weight is 294 g/mol. The lowest BCUT2D eigenvalue weighted by atomic mass is 10.1. The number of ether oxygens (including phenoxy) is 1. The predicted octanol–water partition coefficient (Wildman–Crippen LogP) is 3.51. The van der Waals surface area contributed by atoms with E-state index in [1.807, 2.05) is 24.4 Å². The summed E-state index contributed by atoms with van der Waals surface area (Å²) in [5.41, 5.74) is 2.01. The Labute approximate surface area is 108 Å².